The van der Waals surface area contributed by atoms with E-state index in [2.05, 4.69) is 10.6 Å². The van der Waals surface area contributed by atoms with E-state index in [-0.39, 0.29) is 5.56 Å². The van der Waals surface area contributed by atoms with Gasteiger partial charge in [0, 0.05) is 5.69 Å². The monoisotopic (exact) mass is 435 g/mol. The third kappa shape index (κ3) is 3.94. The third-order valence-electron chi connectivity index (χ3n) is 5.35. The quantitative estimate of drug-likeness (QED) is 0.594. The molecule has 4 rings (SSSR count). The molecule has 1 aliphatic heterocycles. The standard InChI is InChI=1S/C24H19F2N3O3/c1-24(17-9-12-19(25)20(26)13-17)22(31)29(23(32)28-24)14-21(30)27-18-10-7-16(8-11-18)15-5-3-2-4-6-15/h2-13H,14H2,1H3,(H,27,30)(H,28,32). The van der Waals surface area contributed by atoms with Crippen molar-refractivity contribution >= 4 is 23.5 Å². The van der Waals surface area contributed by atoms with Crippen LogP contribution in [0.5, 0.6) is 0 Å². The van der Waals surface area contributed by atoms with Crippen molar-refractivity contribution in [1.29, 1.82) is 0 Å². The molecule has 1 fully saturated rings. The van der Waals surface area contributed by atoms with E-state index in [1.807, 2.05) is 42.5 Å². The highest BCUT2D eigenvalue weighted by atomic mass is 19.2. The maximum absolute atomic E-state index is 13.6. The summed E-state index contributed by atoms with van der Waals surface area (Å²) in [5.74, 6) is -3.51. The topological polar surface area (TPSA) is 78.5 Å². The minimum atomic E-state index is -1.61. The number of nitrogens with zero attached hydrogens (tertiary/aromatic N) is 1. The number of amides is 4. The number of halogens is 2. The Morgan fingerprint density at radius 2 is 1.59 bits per heavy atom. The van der Waals surface area contributed by atoms with E-state index in [0.717, 1.165) is 28.2 Å². The van der Waals surface area contributed by atoms with Crippen molar-refractivity contribution in [2.24, 2.45) is 0 Å². The zero-order valence-electron chi connectivity index (χ0n) is 17.1. The molecule has 0 radical (unpaired) electrons. The van der Waals surface area contributed by atoms with Gasteiger partial charge in [-0.25, -0.2) is 13.6 Å². The second-order valence-corrected chi connectivity index (χ2v) is 7.57. The Hall–Kier alpha value is -4.07. The highest BCUT2D eigenvalue weighted by Crippen LogP contribution is 2.30. The molecule has 1 heterocycles. The van der Waals surface area contributed by atoms with Gasteiger partial charge in [-0.05, 0) is 47.9 Å². The van der Waals surface area contributed by atoms with Crippen molar-refractivity contribution in [3.8, 4) is 11.1 Å². The van der Waals surface area contributed by atoms with Gasteiger partial charge in [0.1, 0.15) is 12.1 Å². The lowest BCUT2D eigenvalue weighted by Crippen LogP contribution is -2.42. The summed E-state index contributed by atoms with van der Waals surface area (Å²) >= 11 is 0. The van der Waals surface area contributed by atoms with Crippen LogP contribution in [0, 0.1) is 11.6 Å². The van der Waals surface area contributed by atoms with E-state index >= 15 is 0 Å². The Bertz CT molecular complexity index is 1200. The Morgan fingerprint density at radius 3 is 2.25 bits per heavy atom. The Labute approximate surface area is 182 Å². The lowest BCUT2D eigenvalue weighted by atomic mass is 9.92. The van der Waals surface area contributed by atoms with Crippen molar-refractivity contribution in [2.75, 3.05) is 11.9 Å². The molecule has 4 amide bonds. The summed E-state index contributed by atoms with van der Waals surface area (Å²) < 4.78 is 26.9. The summed E-state index contributed by atoms with van der Waals surface area (Å²) in [4.78, 5) is 38.4. The number of nitrogens with one attached hydrogen (secondary N) is 2. The number of carbonyl (C=O) groups is 3. The summed E-state index contributed by atoms with van der Waals surface area (Å²) in [6, 6.07) is 19.0. The van der Waals surface area contributed by atoms with Crippen molar-refractivity contribution in [1.82, 2.24) is 10.2 Å². The van der Waals surface area contributed by atoms with E-state index in [1.54, 1.807) is 12.1 Å². The molecule has 1 atom stereocenters. The van der Waals surface area contributed by atoms with Crippen LogP contribution in [0.1, 0.15) is 12.5 Å². The molecular formula is C24H19F2N3O3. The molecule has 0 saturated carbocycles. The molecule has 8 heteroatoms. The van der Waals surface area contributed by atoms with Gasteiger partial charge in [0.05, 0.1) is 0 Å². The number of hydrogen-bond acceptors (Lipinski definition) is 3. The summed E-state index contributed by atoms with van der Waals surface area (Å²) in [5.41, 5.74) is 0.976. The number of hydrogen-bond donors (Lipinski definition) is 2. The lowest BCUT2D eigenvalue weighted by molar-refractivity contribution is -0.133. The molecule has 0 bridgehead atoms. The summed E-state index contributed by atoms with van der Waals surface area (Å²) in [5, 5.41) is 5.11. The predicted octanol–water partition coefficient (Wildman–Crippen LogP) is 4.04. The first-order valence-corrected chi connectivity index (χ1v) is 9.83. The van der Waals surface area contributed by atoms with E-state index < -0.39 is 41.6 Å². The highest BCUT2D eigenvalue weighted by Gasteiger charge is 2.49. The van der Waals surface area contributed by atoms with Crippen molar-refractivity contribution in [3.05, 3.63) is 90.0 Å². The summed E-state index contributed by atoms with van der Waals surface area (Å²) in [6.07, 6.45) is 0. The molecule has 3 aromatic carbocycles. The Kier molecular flexibility index (Phi) is 5.44. The molecule has 1 unspecified atom stereocenters. The number of carbonyl (C=O) groups excluding carboxylic acids is 3. The first kappa shape index (κ1) is 21.2. The zero-order chi connectivity index (χ0) is 22.9. The molecular weight excluding hydrogens is 416 g/mol. The average Bonchev–Trinajstić information content (AvgIpc) is 3.00. The lowest BCUT2D eigenvalue weighted by Gasteiger charge is -2.22. The molecule has 162 valence electrons. The Balaban J connectivity index is 1.44. The van der Waals surface area contributed by atoms with Crippen LogP contribution in [0.2, 0.25) is 0 Å². The molecule has 2 N–H and O–H groups in total. The van der Waals surface area contributed by atoms with Gasteiger partial charge >= 0.3 is 6.03 Å². The second-order valence-electron chi connectivity index (χ2n) is 7.57. The molecule has 0 aliphatic carbocycles. The highest BCUT2D eigenvalue weighted by molar-refractivity contribution is 6.10. The summed E-state index contributed by atoms with van der Waals surface area (Å²) in [7, 11) is 0. The minimum Gasteiger partial charge on any atom is -0.325 e. The van der Waals surface area contributed by atoms with Gasteiger partial charge in [-0.3, -0.25) is 14.5 Å². The molecule has 0 spiro atoms. The van der Waals surface area contributed by atoms with Gasteiger partial charge in [-0.1, -0.05) is 48.5 Å². The van der Waals surface area contributed by atoms with Crippen LogP contribution >= 0.6 is 0 Å². The van der Waals surface area contributed by atoms with Crippen LogP contribution in [-0.4, -0.2) is 29.3 Å². The van der Waals surface area contributed by atoms with Gasteiger partial charge in [-0.2, -0.15) is 0 Å². The fraction of sp³-hybridized carbons (Fsp3) is 0.125. The average molecular weight is 435 g/mol. The maximum atomic E-state index is 13.6. The third-order valence-corrected chi connectivity index (χ3v) is 5.35. The van der Waals surface area contributed by atoms with Gasteiger partial charge in [0.2, 0.25) is 5.91 Å². The van der Waals surface area contributed by atoms with E-state index in [1.165, 1.54) is 13.0 Å². The largest absolute Gasteiger partial charge is 0.325 e. The second kappa shape index (κ2) is 8.22. The Morgan fingerprint density at radius 1 is 0.938 bits per heavy atom. The van der Waals surface area contributed by atoms with Crippen LogP contribution in [0.25, 0.3) is 11.1 Å². The van der Waals surface area contributed by atoms with Crippen LogP contribution in [0.4, 0.5) is 19.3 Å². The number of imide groups is 1. The van der Waals surface area contributed by atoms with Crippen molar-refractivity contribution in [2.45, 2.75) is 12.5 Å². The number of rotatable bonds is 5. The van der Waals surface area contributed by atoms with E-state index in [9.17, 15) is 23.2 Å². The summed E-state index contributed by atoms with van der Waals surface area (Å²) in [6.45, 7) is 0.852. The van der Waals surface area contributed by atoms with Crippen molar-refractivity contribution in [3.63, 3.8) is 0 Å². The molecule has 6 nitrogen and oxygen atoms in total. The van der Waals surface area contributed by atoms with E-state index in [4.69, 9.17) is 0 Å². The first-order valence-electron chi connectivity index (χ1n) is 9.83. The normalized spacial score (nSPS) is 17.9. The van der Waals surface area contributed by atoms with Gasteiger partial charge < -0.3 is 10.6 Å². The predicted molar refractivity (Wildman–Crippen MR) is 114 cm³/mol. The van der Waals surface area contributed by atoms with Gasteiger partial charge in [0.15, 0.2) is 11.6 Å². The minimum absolute atomic E-state index is 0.0779. The van der Waals surface area contributed by atoms with Crippen LogP contribution in [-0.2, 0) is 15.1 Å². The fourth-order valence-corrected chi connectivity index (χ4v) is 3.56. The van der Waals surface area contributed by atoms with Crippen molar-refractivity contribution < 1.29 is 23.2 Å². The first-order chi connectivity index (χ1) is 15.3. The zero-order valence-corrected chi connectivity index (χ0v) is 17.1. The fourth-order valence-electron chi connectivity index (χ4n) is 3.56. The molecule has 1 aliphatic rings. The SMILES string of the molecule is CC1(c2ccc(F)c(F)c2)NC(=O)N(CC(=O)Nc2ccc(-c3ccccc3)cc2)C1=O. The van der Waals surface area contributed by atoms with E-state index in [0.29, 0.717) is 5.69 Å². The smallest absolute Gasteiger partial charge is 0.325 e. The molecule has 3 aromatic rings. The number of urea groups is 1. The molecule has 1 saturated heterocycles. The number of benzene rings is 3. The molecule has 32 heavy (non-hydrogen) atoms. The van der Waals surface area contributed by atoms with Crippen LogP contribution in [0.15, 0.2) is 72.8 Å². The maximum Gasteiger partial charge on any atom is 0.325 e. The van der Waals surface area contributed by atoms with Gasteiger partial charge in [0.25, 0.3) is 5.91 Å². The number of anilines is 1. The molecule has 0 aromatic heterocycles. The van der Waals surface area contributed by atoms with Crippen LogP contribution < -0.4 is 10.6 Å². The van der Waals surface area contributed by atoms with Gasteiger partial charge in [-0.15, -0.1) is 0 Å². The van der Waals surface area contributed by atoms with Crippen LogP contribution in [0.3, 0.4) is 0 Å².